The number of carbonyl (C=O) groups is 1. The molecule has 0 saturated carbocycles. The van der Waals surface area contributed by atoms with Crippen LogP contribution in [0.4, 0.5) is 0 Å². The molecular formula is C24H31ClN6O. The minimum atomic E-state index is -0.0222. The second-order valence-corrected chi connectivity index (χ2v) is 9.11. The molecule has 0 spiro atoms. The molecule has 1 fully saturated rings. The van der Waals surface area contributed by atoms with Crippen LogP contribution in [0.3, 0.4) is 0 Å². The Morgan fingerprint density at radius 1 is 1.28 bits per heavy atom. The number of aromatic nitrogens is 3. The van der Waals surface area contributed by atoms with Crippen LogP contribution in [0.25, 0.3) is 22.4 Å². The second-order valence-electron chi connectivity index (χ2n) is 8.70. The van der Waals surface area contributed by atoms with Crippen LogP contribution >= 0.6 is 11.6 Å². The summed E-state index contributed by atoms with van der Waals surface area (Å²) in [5.41, 5.74) is 6.14. The molecule has 170 valence electrons. The SMILES string of the molecule is CNCc1[nH]ccc1-c1[nH]ncc1-c1ccc(CN(C)CC(=O)C2CCC(C)N2)c(Cl)c1. The number of carbonyl (C=O) groups excluding carboxylic acids is 1. The van der Waals surface area contributed by atoms with E-state index in [9.17, 15) is 4.79 Å². The smallest absolute Gasteiger partial charge is 0.163 e. The highest BCUT2D eigenvalue weighted by Gasteiger charge is 2.27. The lowest BCUT2D eigenvalue weighted by Gasteiger charge is -2.19. The van der Waals surface area contributed by atoms with Gasteiger partial charge in [-0.2, -0.15) is 5.10 Å². The predicted molar refractivity (Wildman–Crippen MR) is 129 cm³/mol. The van der Waals surface area contributed by atoms with Crippen LogP contribution in [-0.2, 0) is 17.9 Å². The maximum absolute atomic E-state index is 12.6. The predicted octanol–water partition coefficient (Wildman–Crippen LogP) is 3.59. The fraction of sp³-hybridized carbons (Fsp3) is 0.417. The Hall–Kier alpha value is -2.45. The van der Waals surface area contributed by atoms with E-state index in [1.54, 1.807) is 0 Å². The third kappa shape index (κ3) is 4.96. The van der Waals surface area contributed by atoms with Gasteiger partial charge in [-0.1, -0.05) is 23.7 Å². The summed E-state index contributed by atoms with van der Waals surface area (Å²) in [7, 11) is 3.89. The summed E-state index contributed by atoms with van der Waals surface area (Å²) in [4.78, 5) is 17.9. The highest BCUT2D eigenvalue weighted by Crippen LogP contribution is 2.34. The summed E-state index contributed by atoms with van der Waals surface area (Å²) in [5.74, 6) is 0.247. The van der Waals surface area contributed by atoms with Gasteiger partial charge >= 0.3 is 0 Å². The summed E-state index contributed by atoms with van der Waals surface area (Å²) in [6.07, 6.45) is 5.74. The molecule has 32 heavy (non-hydrogen) atoms. The molecular weight excluding hydrogens is 424 g/mol. The van der Waals surface area contributed by atoms with Gasteiger partial charge in [-0.25, -0.2) is 0 Å². The number of nitrogens with zero attached hydrogens (tertiary/aromatic N) is 2. The van der Waals surface area contributed by atoms with Crippen molar-refractivity contribution in [2.45, 2.75) is 44.9 Å². The van der Waals surface area contributed by atoms with Gasteiger partial charge in [0.25, 0.3) is 0 Å². The highest BCUT2D eigenvalue weighted by atomic mass is 35.5. The Balaban J connectivity index is 1.47. The number of halogens is 1. The van der Waals surface area contributed by atoms with Gasteiger partial charge in [0.2, 0.25) is 0 Å². The first kappa shape index (κ1) is 22.7. The Labute approximate surface area is 193 Å². The number of benzene rings is 1. The van der Waals surface area contributed by atoms with Crippen molar-refractivity contribution >= 4 is 17.4 Å². The minimum Gasteiger partial charge on any atom is -0.363 e. The van der Waals surface area contributed by atoms with Crippen LogP contribution in [0, 0.1) is 0 Å². The summed E-state index contributed by atoms with van der Waals surface area (Å²) < 4.78 is 0. The monoisotopic (exact) mass is 454 g/mol. The van der Waals surface area contributed by atoms with Crippen LogP contribution in [0.1, 0.15) is 31.0 Å². The van der Waals surface area contributed by atoms with Crippen molar-refractivity contribution in [3.63, 3.8) is 0 Å². The molecule has 0 aliphatic carbocycles. The number of hydrogen-bond acceptors (Lipinski definition) is 5. The van der Waals surface area contributed by atoms with E-state index in [0.717, 1.165) is 53.0 Å². The van der Waals surface area contributed by atoms with Gasteiger partial charge in [0.15, 0.2) is 5.78 Å². The van der Waals surface area contributed by atoms with Crippen LogP contribution in [0.5, 0.6) is 0 Å². The lowest BCUT2D eigenvalue weighted by atomic mass is 10.0. The van der Waals surface area contributed by atoms with E-state index in [1.165, 1.54) is 0 Å². The molecule has 4 N–H and O–H groups in total. The highest BCUT2D eigenvalue weighted by molar-refractivity contribution is 6.31. The third-order valence-corrected chi connectivity index (χ3v) is 6.44. The number of hydrogen-bond donors (Lipinski definition) is 4. The molecule has 7 nitrogen and oxygen atoms in total. The van der Waals surface area contributed by atoms with Crippen molar-refractivity contribution in [3.05, 3.63) is 52.9 Å². The molecule has 3 aromatic rings. The molecule has 1 aromatic carbocycles. The van der Waals surface area contributed by atoms with Crippen molar-refractivity contribution < 1.29 is 4.79 Å². The standard InChI is InChI=1S/C24H31ClN6O/c1-15-4-7-21(29-15)23(32)14-31(3)13-17-6-5-16(10-20(17)25)19-11-28-30-24(19)18-8-9-27-22(18)12-26-2/h5-6,8-11,15,21,26-27,29H,4,7,12-14H2,1-3H3,(H,28,30). The van der Waals surface area contributed by atoms with Crippen molar-refractivity contribution in [2.24, 2.45) is 0 Å². The van der Waals surface area contributed by atoms with Gasteiger partial charge in [-0.15, -0.1) is 0 Å². The molecule has 4 rings (SSSR count). The Bertz CT molecular complexity index is 1070. The normalized spacial score (nSPS) is 18.5. The van der Waals surface area contributed by atoms with E-state index in [4.69, 9.17) is 11.6 Å². The Morgan fingerprint density at radius 3 is 2.84 bits per heavy atom. The number of rotatable bonds is 9. The molecule has 1 aliphatic rings. The number of Topliss-reactive ketones (excluding diaryl/α,β-unsaturated/α-hetero) is 1. The molecule has 2 unspecified atom stereocenters. The molecule has 8 heteroatoms. The Morgan fingerprint density at radius 2 is 2.12 bits per heavy atom. The average molecular weight is 455 g/mol. The summed E-state index contributed by atoms with van der Waals surface area (Å²) >= 11 is 6.66. The number of ketones is 1. The lowest BCUT2D eigenvalue weighted by Crippen LogP contribution is -2.40. The molecule has 1 aliphatic heterocycles. The van der Waals surface area contributed by atoms with E-state index in [0.29, 0.717) is 24.2 Å². The van der Waals surface area contributed by atoms with Gasteiger partial charge in [0.1, 0.15) is 0 Å². The molecule has 2 aromatic heterocycles. The van der Waals surface area contributed by atoms with E-state index >= 15 is 0 Å². The van der Waals surface area contributed by atoms with Gasteiger partial charge in [0.05, 0.1) is 24.5 Å². The van der Waals surface area contributed by atoms with Gasteiger partial charge < -0.3 is 15.6 Å². The largest absolute Gasteiger partial charge is 0.363 e. The van der Waals surface area contributed by atoms with Crippen molar-refractivity contribution in [3.8, 4) is 22.4 Å². The quantitative estimate of drug-likeness (QED) is 0.397. The van der Waals surface area contributed by atoms with Crippen LogP contribution in [0.2, 0.25) is 5.02 Å². The first-order chi connectivity index (χ1) is 15.5. The van der Waals surface area contributed by atoms with Gasteiger partial charge in [-0.3, -0.25) is 14.8 Å². The summed E-state index contributed by atoms with van der Waals surface area (Å²) in [6, 6.07) is 8.53. The topological polar surface area (TPSA) is 88.8 Å². The second kappa shape index (κ2) is 10.0. The summed E-state index contributed by atoms with van der Waals surface area (Å²) in [6.45, 7) is 3.90. The Kier molecular flexibility index (Phi) is 7.10. The fourth-order valence-electron chi connectivity index (χ4n) is 4.42. The van der Waals surface area contributed by atoms with E-state index in [-0.39, 0.29) is 11.8 Å². The third-order valence-electron chi connectivity index (χ3n) is 6.09. The number of H-pyrrole nitrogens is 2. The fourth-order valence-corrected chi connectivity index (χ4v) is 4.66. The number of nitrogens with one attached hydrogen (secondary N) is 4. The summed E-state index contributed by atoms with van der Waals surface area (Å²) in [5, 5.41) is 14.6. The molecule has 0 radical (unpaired) electrons. The van der Waals surface area contributed by atoms with E-state index < -0.39 is 0 Å². The van der Waals surface area contributed by atoms with Crippen LogP contribution < -0.4 is 10.6 Å². The molecule has 0 amide bonds. The van der Waals surface area contributed by atoms with Crippen LogP contribution in [0.15, 0.2) is 36.7 Å². The lowest BCUT2D eigenvalue weighted by molar-refractivity contribution is -0.121. The zero-order valence-corrected chi connectivity index (χ0v) is 19.6. The van der Waals surface area contributed by atoms with Crippen molar-refractivity contribution in [1.82, 2.24) is 30.7 Å². The number of likely N-dealkylation sites (N-methyl/N-ethyl adjacent to an activating group) is 1. The van der Waals surface area contributed by atoms with Crippen LogP contribution in [-0.4, -0.2) is 58.6 Å². The average Bonchev–Trinajstić information content (AvgIpc) is 3.50. The van der Waals surface area contributed by atoms with Gasteiger partial charge in [0, 0.05) is 47.2 Å². The zero-order chi connectivity index (χ0) is 22.7. The van der Waals surface area contributed by atoms with Gasteiger partial charge in [-0.05, 0) is 57.1 Å². The maximum atomic E-state index is 12.6. The minimum absolute atomic E-state index is 0.0222. The molecule has 2 atom stereocenters. The molecule has 3 heterocycles. The number of aromatic amines is 2. The first-order valence-electron chi connectivity index (χ1n) is 11.1. The van der Waals surface area contributed by atoms with Crippen molar-refractivity contribution in [1.29, 1.82) is 0 Å². The molecule has 0 bridgehead atoms. The molecule has 1 saturated heterocycles. The first-order valence-corrected chi connectivity index (χ1v) is 11.4. The van der Waals surface area contributed by atoms with E-state index in [2.05, 4.69) is 38.8 Å². The van der Waals surface area contributed by atoms with E-state index in [1.807, 2.05) is 49.6 Å². The zero-order valence-electron chi connectivity index (χ0n) is 18.8. The van der Waals surface area contributed by atoms with Crippen molar-refractivity contribution in [2.75, 3.05) is 20.6 Å². The maximum Gasteiger partial charge on any atom is 0.163 e.